The third-order valence-corrected chi connectivity index (χ3v) is 3.62. The molecule has 14 heavy (non-hydrogen) atoms. The highest BCUT2D eigenvalue weighted by molar-refractivity contribution is 5.46. The summed E-state index contributed by atoms with van der Waals surface area (Å²) in [6.45, 7) is 0. The quantitative estimate of drug-likeness (QED) is 0.651. The fourth-order valence-corrected chi connectivity index (χ4v) is 2.96. The molecular formula is C12H14O2. The molecule has 1 aromatic rings. The fraction of sp³-hybridized carbons (Fsp3) is 0.500. The lowest BCUT2D eigenvalue weighted by atomic mass is 9.83. The third kappa shape index (κ3) is 0.928. The summed E-state index contributed by atoms with van der Waals surface area (Å²) in [5.41, 5.74) is 3.52. The van der Waals surface area contributed by atoms with Crippen molar-refractivity contribution in [2.24, 2.45) is 0 Å². The van der Waals surface area contributed by atoms with Crippen molar-refractivity contribution in [2.45, 2.75) is 37.4 Å². The standard InChI is InChI=1S/C12H14O2/c13-11-8-5-1-3-7-4-2-6-9(10(7)8)12(11)14/h1,3,5,9,11-14H,2,4,6H2/t9?,11-,12-/m0/s1. The predicted octanol–water partition coefficient (Wildman–Crippen LogP) is 1.51. The van der Waals surface area contributed by atoms with E-state index in [1.54, 1.807) is 0 Å². The minimum atomic E-state index is -0.659. The van der Waals surface area contributed by atoms with Crippen molar-refractivity contribution in [3.63, 3.8) is 0 Å². The molecule has 0 aromatic heterocycles. The molecule has 0 heterocycles. The van der Waals surface area contributed by atoms with Crippen LogP contribution in [0.15, 0.2) is 18.2 Å². The van der Waals surface area contributed by atoms with Crippen LogP contribution in [0.4, 0.5) is 0 Å². The van der Waals surface area contributed by atoms with Gasteiger partial charge in [-0.2, -0.15) is 0 Å². The van der Waals surface area contributed by atoms with Crippen molar-refractivity contribution >= 4 is 0 Å². The molecule has 0 bridgehead atoms. The van der Waals surface area contributed by atoms with Gasteiger partial charge < -0.3 is 10.2 Å². The van der Waals surface area contributed by atoms with Gasteiger partial charge in [-0.1, -0.05) is 18.2 Å². The number of aliphatic hydroxyl groups excluding tert-OH is 2. The van der Waals surface area contributed by atoms with Crippen LogP contribution in [0.2, 0.25) is 0 Å². The SMILES string of the molecule is O[C@H]1c2cccc3c2C(CCC3)[C@@H]1O. The second-order valence-electron chi connectivity index (χ2n) is 4.35. The first-order chi connectivity index (χ1) is 6.79. The summed E-state index contributed by atoms with van der Waals surface area (Å²) in [5.74, 6) is 0.185. The van der Waals surface area contributed by atoms with E-state index in [-0.39, 0.29) is 5.92 Å². The van der Waals surface area contributed by atoms with Gasteiger partial charge in [-0.25, -0.2) is 0 Å². The third-order valence-electron chi connectivity index (χ3n) is 3.62. The highest BCUT2D eigenvalue weighted by atomic mass is 16.3. The molecule has 74 valence electrons. The van der Waals surface area contributed by atoms with E-state index in [0.717, 1.165) is 24.8 Å². The molecule has 0 amide bonds. The van der Waals surface area contributed by atoms with Crippen LogP contribution in [0.25, 0.3) is 0 Å². The molecule has 2 N–H and O–H groups in total. The van der Waals surface area contributed by atoms with E-state index in [1.807, 2.05) is 12.1 Å². The normalized spacial score (nSPS) is 34.3. The Bertz CT molecular complexity index is 373. The van der Waals surface area contributed by atoms with Crippen LogP contribution >= 0.6 is 0 Å². The first-order valence-corrected chi connectivity index (χ1v) is 5.27. The molecule has 0 fully saturated rings. The van der Waals surface area contributed by atoms with E-state index in [4.69, 9.17) is 0 Å². The first kappa shape index (κ1) is 8.45. The Labute approximate surface area is 83.2 Å². The highest BCUT2D eigenvalue weighted by Gasteiger charge is 2.40. The lowest BCUT2D eigenvalue weighted by molar-refractivity contribution is 0.0146. The van der Waals surface area contributed by atoms with E-state index in [1.165, 1.54) is 11.1 Å². The minimum Gasteiger partial charge on any atom is -0.389 e. The van der Waals surface area contributed by atoms with E-state index in [0.29, 0.717) is 0 Å². The Kier molecular flexibility index (Phi) is 1.70. The van der Waals surface area contributed by atoms with Crippen molar-refractivity contribution in [1.29, 1.82) is 0 Å². The second kappa shape index (κ2) is 2.81. The highest BCUT2D eigenvalue weighted by Crippen LogP contribution is 2.47. The Morgan fingerprint density at radius 1 is 1.21 bits per heavy atom. The van der Waals surface area contributed by atoms with Crippen LogP contribution < -0.4 is 0 Å². The molecule has 2 nitrogen and oxygen atoms in total. The molecule has 0 spiro atoms. The molecule has 0 saturated heterocycles. The number of rotatable bonds is 0. The average molecular weight is 190 g/mol. The number of aryl methyl sites for hydroxylation is 1. The van der Waals surface area contributed by atoms with E-state index < -0.39 is 12.2 Å². The molecule has 0 saturated carbocycles. The van der Waals surface area contributed by atoms with Crippen molar-refractivity contribution in [1.82, 2.24) is 0 Å². The van der Waals surface area contributed by atoms with Crippen LogP contribution in [0.5, 0.6) is 0 Å². The molecule has 1 aromatic carbocycles. The maximum atomic E-state index is 9.89. The molecule has 3 atom stereocenters. The number of hydrogen-bond acceptors (Lipinski definition) is 2. The zero-order chi connectivity index (χ0) is 9.71. The molecule has 1 unspecified atom stereocenters. The van der Waals surface area contributed by atoms with Crippen molar-refractivity contribution in [3.05, 3.63) is 34.9 Å². The van der Waals surface area contributed by atoms with Crippen LogP contribution in [0, 0.1) is 0 Å². The summed E-state index contributed by atoms with van der Waals surface area (Å²) in [7, 11) is 0. The van der Waals surface area contributed by atoms with Crippen LogP contribution in [0.1, 0.15) is 41.6 Å². The second-order valence-corrected chi connectivity index (χ2v) is 4.35. The molecule has 2 aliphatic carbocycles. The zero-order valence-electron chi connectivity index (χ0n) is 7.98. The van der Waals surface area contributed by atoms with Gasteiger partial charge in [0.2, 0.25) is 0 Å². The van der Waals surface area contributed by atoms with Crippen molar-refractivity contribution in [3.8, 4) is 0 Å². The lowest BCUT2D eigenvalue weighted by Gasteiger charge is -2.23. The van der Waals surface area contributed by atoms with Crippen molar-refractivity contribution < 1.29 is 10.2 Å². The average Bonchev–Trinajstić information content (AvgIpc) is 2.47. The first-order valence-electron chi connectivity index (χ1n) is 5.27. The van der Waals surface area contributed by atoms with Gasteiger partial charge in [0, 0.05) is 5.92 Å². The van der Waals surface area contributed by atoms with Crippen LogP contribution in [-0.4, -0.2) is 16.3 Å². The Hall–Kier alpha value is -0.860. The number of hydrogen-bond donors (Lipinski definition) is 2. The Morgan fingerprint density at radius 3 is 2.93 bits per heavy atom. The van der Waals surface area contributed by atoms with Gasteiger partial charge >= 0.3 is 0 Å². The van der Waals surface area contributed by atoms with Gasteiger partial charge in [0.15, 0.2) is 0 Å². The Balaban J connectivity index is 2.22. The van der Waals surface area contributed by atoms with E-state index in [2.05, 4.69) is 6.07 Å². The Morgan fingerprint density at radius 2 is 2.07 bits per heavy atom. The maximum Gasteiger partial charge on any atom is 0.106 e. The van der Waals surface area contributed by atoms with Gasteiger partial charge in [-0.05, 0) is 36.0 Å². The van der Waals surface area contributed by atoms with Crippen LogP contribution in [0.3, 0.4) is 0 Å². The molecule has 3 rings (SSSR count). The zero-order valence-corrected chi connectivity index (χ0v) is 7.98. The molecule has 0 aliphatic heterocycles. The van der Waals surface area contributed by atoms with Crippen LogP contribution in [-0.2, 0) is 6.42 Å². The topological polar surface area (TPSA) is 40.5 Å². The van der Waals surface area contributed by atoms with Gasteiger partial charge in [0.25, 0.3) is 0 Å². The minimum absolute atomic E-state index is 0.185. The van der Waals surface area contributed by atoms with Crippen molar-refractivity contribution in [2.75, 3.05) is 0 Å². The van der Waals surface area contributed by atoms with Gasteiger partial charge in [0.1, 0.15) is 6.10 Å². The van der Waals surface area contributed by atoms with Gasteiger partial charge in [-0.15, -0.1) is 0 Å². The predicted molar refractivity (Wildman–Crippen MR) is 53.1 cm³/mol. The largest absolute Gasteiger partial charge is 0.389 e. The van der Waals surface area contributed by atoms with Gasteiger partial charge in [0.05, 0.1) is 6.10 Å². The smallest absolute Gasteiger partial charge is 0.106 e. The fourth-order valence-electron chi connectivity index (χ4n) is 2.96. The van der Waals surface area contributed by atoms with E-state index >= 15 is 0 Å². The summed E-state index contributed by atoms with van der Waals surface area (Å²) in [5, 5.41) is 19.7. The van der Waals surface area contributed by atoms with E-state index in [9.17, 15) is 10.2 Å². The van der Waals surface area contributed by atoms with Gasteiger partial charge in [-0.3, -0.25) is 0 Å². The summed E-state index contributed by atoms with van der Waals surface area (Å²) >= 11 is 0. The summed E-state index contributed by atoms with van der Waals surface area (Å²) < 4.78 is 0. The molecule has 2 aliphatic rings. The summed E-state index contributed by atoms with van der Waals surface area (Å²) in [6, 6.07) is 6.05. The maximum absolute atomic E-state index is 9.89. The molecular weight excluding hydrogens is 176 g/mol. The number of aliphatic hydroxyl groups is 2. The summed E-state index contributed by atoms with van der Waals surface area (Å²) in [4.78, 5) is 0. The number of benzene rings is 1. The monoisotopic (exact) mass is 190 g/mol. The summed E-state index contributed by atoms with van der Waals surface area (Å²) in [6.07, 6.45) is 2.01. The molecule has 0 radical (unpaired) electrons. The lowest BCUT2D eigenvalue weighted by Crippen LogP contribution is -2.20. The molecule has 2 heteroatoms.